The van der Waals surface area contributed by atoms with Crippen molar-refractivity contribution in [2.75, 3.05) is 0 Å². The van der Waals surface area contributed by atoms with Gasteiger partial charge in [0, 0.05) is 0 Å². The molecule has 0 heterocycles. The zero-order valence-corrected chi connectivity index (χ0v) is 6.72. The number of aromatic hydroxyl groups is 1. The van der Waals surface area contributed by atoms with E-state index in [1.165, 1.54) is 12.1 Å². The fourth-order valence-corrected chi connectivity index (χ4v) is 0.999. The Morgan fingerprint density at radius 2 is 2.08 bits per heavy atom. The van der Waals surface area contributed by atoms with Gasteiger partial charge in [-0.05, 0) is 24.1 Å². The predicted octanol–water partition coefficient (Wildman–Crippen LogP) is 2.89. The molecule has 1 rings (SSSR count). The van der Waals surface area contributed by atoms with Crippen LogP contribution in [-0.2, 0) is 6.42 Å². The molecule has 1 aromatic carbocycles. The van der Waals surface area contributed by atoms with Crippen LogP contribution in [0.15, 0.2) is 18.2 Å². The maximum atomic E-state index is 12.2. The van der Waals surface area contributed by atoms with Crippen LogP contribution in [0.25, 0.3) is 0 Å². The molecule has 1 nitrogen and oxygen atoms in total. The fraction of sp³-hybridized carbons (Fsp3) is 0.333. The number of phenols is 1. The summed E-state index contributed by atoms with van der Waals surface area (Å²) in [6.07, 6.45) is -1.91. The molecule has 0 fully saturated rings. The maximum Gasteiger partial charge on any atom is 0.267 e. The van der Waals surface area contributed by atoms with Crippen LogP contribution in [0.2, 0.25) is 0 Å². The summed E-state index contributed by atoms with van der Waals surface area (Å²) >= 11 is 0. The molecule has 66 valence electrons. The second-order valence-corrected chi connectivity index (χ2v) is 2.55. The van der Waals surface area contributed by atoms with Crippen molar-refractivity contribution >= 4 is 0 Å². The average molecular weight is 172 g/mol. The Morgan fingerprint density at radius 1 is 1.42 bits per heavy atom. The Kier molecular flexibility index (Phi) is 2.63. The predicted molar refractivity (Wildman–Crippen MR) is 42.4 cm³/mol. The van der Waals surface area contributed by atoms with Gasteiger partial charge in [-0.2, -0.15) is 0 Å². The minimum absolute atomic E-state index is 0.283. The van der Waals surface area contributed by atoms with Crippen molar-refractivity contribution in [1.29, 1.82) is 0 Å². The van der Waals surface area contributed by atoms with Crippen LogP contribution in [-0.4, -0.2) is 5.11 Å². The monoisotopic (exact) mass is 172 g/mol. The Balaban J connectivity index is 3.08. The lowest BCUT2D eigenvalue weighted by molar-refractivity contribution is 0.147. The Morgan fingerprint density at radius 3 is 2.58 bits per heavy atom. The number of hydrogen-bond acceptors (Lipinski definition) is 1. The summed E-state index contributed by atoms with van der Waals surface area (Å²) in [7, 11) is 0. The van der Waals surface area contributed by atoms with Gasteiger partial charge in [-0.25, -0.2) is 8.78 Å². The van der Waals surface area contributed by atoms with Crippen LogP contribution in [0.4, 0.5) is 8.78 Å². The Bertz CT molecular complexity index is 271. The number of hydrogen-bond donors (Lipinski definition) is 1. The molecular formula is C9H10F2O. The van der Waals surface area contributed by atoms with Crippen molar-refractivity contribution in [2.45, 2.75) is 19.8 Å². The summed E-state index contributed by atoms with van der Waals surface area (Å²) in [5.41, 5.74) is 0.525. The third-order valence-corrected chi connectivity index (χ3v) is 1.74. The molecular weight excluding hydrogens is 162 g/mol. The molecule has 0 saturated heterocycles. The smallest absolute Gasteiger partial charge is 0.267 e. The molecule has 1 N–H and O–H groups in total. The lowest BCUT2D eigenvalue weighted by atomic mass is 10.1. The van der Waals surface area contributed by atoms with Crippen LogP contribution < -0.4 is 0 Å². The standard InChI is InChI=1S/C9H10F2O/c1-2-6-3-4-8(12)7(5-6)9(10)11/h3-5,9,12H,2H2,1H3. The SMILES string of the molecule is CCc1ccc(O)c(C(F)F)c1. The van der Waals surface area contributed by atoms with Crippen LogP contribution >= 0.6 is 0 Å². The molecule has 0 spiro atoms. The molecule has 3 heteroatoms. The topological polar surface area (TPSA) is 20.2 Å². The van der Waals surface area contributed by atoms with Gasteiger partial charge in [0.05, 0.1) is 5.56 Å². The molecule has 0 radical (unpaired) electrons. The number of phenolic OH excluding ortho intramolecular Hbond substituents is 1. The molecule has 0 atom stereocenters. The normalized spacial score (nSPS) is 10.7. The van der Waals surface area contributed by atoms with Gasteiger partial charge in [0.15, 0.2) is 0 Å². The summed E-state index contributed by atoms with van der Waals surface area (Å²) < 4.78 is 24.4. The molecule has 0 aliphatic heterocycles. The number of alkyl halides is 2. The molecule has 0 bridgehead atoms. The lowest BCUT2D eigenvalue weighted by Gasteiger charge is -2.04. The van der Waals surface area contributed by atoms with Crippen molar-refractivity contribution in [3.63, 3.8) is 0 Å². The lowest BCUT2D eigenvalue weighted by Crippen LogP contribution is -1.88. The highest BCUT2D eigenvalue weighted by Crippen LogP contribution is 2.28. The van der Waals surface area contributed by atoms with Crippen LogP contribution in [0.5, 0.6) is 5.75 Å². The van der Waals surface area contributed by atoms with Crippen molar-refractivity contribution in [2.24, 2.45) is 0 Å². The van der Waals surface area contributed by atoms with Crippen LogP contribution in [0.1, 0.15) is 24.5 Å². The summed E-state index contributed by atoms with van der Waals surface area (Å²) in [5, 5.41) is 9.02. The zero-order chi connectivity index (χ0) is 9.14. The molecule has 0 amide bonds. The first-order valence-corrected chi connectivity index (χ1v) is 3.75. The van der Waals surface area contributed by atoms with Gasteiger partial charge in [0.1, 0.15) is 5.75 Å². The van der Waals surface area contributed by atoms with Gasteiger partial charge in [-0.1, -0.05) is 13.0 Å². The highest BCUT2D eigenvalue weighted by molar-refractivity contribution is 5.36. The maximum absolute atomic E-state index is 12.2. The molecule has 0 aliphatic carbocycles. The van der Waals surface area contributed by atoms with Crippen LogP contribution in [0, 0.1) is 0 Å². The number of aryl methyl sites for hydroxylation is 1. The van der Waals surface area contributed by atoms with Gasteiger partial charge < -0.3 is 5.11 Å². The molecule has 0 saturated carbocycles. The Labute approximate surface area is 69.7 Å². The van der Waals surface area contributed by atoms with E-state index in [0.29, 0.717) is 6.42 Å². The van der Waals surface area contributed by atoms with Crippen LogP contribution in [0.3, 0.4) is 0 Å². The molecule has 0 aliphatic rings. The van der Waals surface area contributed by atoms with E-state index in [0.717, 1.165) is 5.56 Å². The van der Waals surface area contributed by atoms with Crippen molar-refractivity contribution in [1.82, 2.24) is 0 Å². The third-order valence-electron chi connectivity index (χ3n) is 1.74. The number of benzene rings is 1. The second-order valence-electron chi connectivity index (χ2n) is 2.55. The van der Waals surface area contributed by atoms with E-state index in [4.69, 9.17) is 5.11 Å². The minimum Gasteiger partial charge on any atom is -0.507 e. The van der Waals surface area contributed by atoms with Gasteiger partial charge in [-0.15, -0.1) is 0 Å². The van der Waals surface area contributed by atoms with E-state index in [1.54, 1.807) is 6.07 Å². The van der Waals surface area contributed by atoms with E-state index in [2.05, 4.69) is 0 Å². The molecule has 0 unspecified atom stereocenters. The summed E-state index contributed by atoms with van der Waals surface area (Å²) in [5.74, 6) is -0.331. The number of rotatable bonds is 2. The van der Waals surface area contributed by atoms with E-state index in [9.17, 15) is 8.78 Å². The molecule has 0 aromatic heterocycles. The van der Waals surface area contributed by atoms with E-state index < -0.39 is 6.43 Å². The van der Waals surface area contributed by atoms with E-state index in [-0.39, 0.29) is 11.3 Å². The Hall–Kier alpha value is -1.12. The van der Waals surface area contributed by atoms with Gasteiger partial charge in [-0.3, -0.25) is 0 Å². The first kappa shape index (κ1) is 8.97. The van der Waals surface area contributed by atoms with E-state index in [1.807, 2.05) is 6.92 Å². The highest BCUT2D eigenvalue weighted by Gasteiger charge is 2.12. The van der Waals surface area contributed by atoms with Gasteiger partial charge in [0.2, 0.25) is 0 Å². The van der Waals surface area contributed by atoms with E-state index >= 15 is 0 Å². The molecule has 12 heavy (non-hydrogen) atoms. The quantitative estimate of drug-likeness (QED) is 0.727. The average Bonchev–Trinajstić information content (AvgIpc) is 2.05. The van der Waals surface area contributed by atoms with Gasteiger partial charge in [0.25, 0.3) is 6.43 Å². The van der Waals surface area contributed by atoms with Crippen molar-refractivity contribution in [3.8, 4) is 5.75 Å². The van der Waals surface area contributed by atoms with Gasteiger partial charge >= 0.3 is 0 Å². The largest absolute Gasteiger partial charge is 0.507 e. The first-order chi connectivity index (χ1) is 5.65. The summed E-state index contributed by atoms with van der Waals surface area (Å²) in [6.45, 7) is 1.88. The second kappa shape index (κ2) is 3.52. The summed E-state index contributed by atoms with van der Waals surface area (Å²) in [4.78, 5) is 0. The summed E-state index contributed by atoms with van der Waals surface area (Å²) in [6, 6.07) is 4.28. The minimum atomic E-state index is -2.60. The zero-order valence-electron chi connectivity index (χ0n) is 6.72. The highest BCUT2D eigenvalue weighted by atomic mass is 19.3. The fourth-order valence-electron chi connectivity index (χ4n) is 0.999. The van der Waals surface area contributed by atoms with Crippen molar-refractivity contribution < 1.29 is 13.9 Å². The van der Waals surface area contributed by atoms with Crippen molar-refractivity contribution in [3.05, 3.63) is 29.3 Å². The first-order valence-electron chi connectivity index (χ1n) is 3.75. The number of halogens is 2. The molecule has 1 aromatic rings. The third kappa shape index (κ3) is 1.72.